The van der Waals surface area contributed by atoms with Gasteiger partial charge in [-0.25, -0.2) is 10.3 Å². The van der Waals surface area contributed by atoms with E-state index in [4.69, 9.17) is 5.21 Å². The molecule has 1 atom stereocenters. The number of nitrogens with zero attached hydrogens (tertiary/aromatic N) is 1. The smallest absolute Gasteiger partial charge is 0.409 e. The lowest BCUT2D eigenvalue weighted by molar-refractivity contribution is -0.139. The van der Waals surface area contributed by atoms with Gasteiger partial charge in [-0.3, -0.25) is 14.8 Å². The second-order valence-electron chi connectivity index (χ2n) is 3.49. The van der Waals surface area contributed by atoms with Gasteiger partial charge in [0, 0.05) is 19.5 Å². The van der Waals surface area contributed by atoms with Crippen molar-refractivity contribution >= 4 is 17.8 Å². The zero-order chi connectivity index (χ0) is 12.1. The molecule has 0 aromatic carbocycles. The van der Waals surface area contributed by atoms with Gasteiger partial charge in [0.15, 0.2) is 0 Å². The number of ether oxygens (including phenoxy) is 1. The SMILES string of the molecule is COC(=O)N1CCC(=O)C(C(=O)NO)CC1. The van der Waals surface area contributed by atoms with Crippen LogP contribution in [0.25, 0.3) is 0 Å². The third kappa shape index (κ3) is 2.69. The highest BCUT2D eigenvalue weighted by molar-refractivity contribution is 6.01. The number of hydrogen-bond acceptors (Lipinski definition) is 5. The third-order valence-corrected chi connectivity index (χ3v) is 2.56. The van der Waals surface area contributed by atoms with Crippen LogP contribution in [0.5, 0.6) is 0 Å². The summed E-state index contributed by atoms with van der Waals surface area (Å²) in [5.74, 6) is -1.89. The monoisotopic (exact) mass is 230 g/mol. The maximum absolute atomic E-state index is 11.5. The molecule has 1 aliphatic heterocycles. The predicted octanol–water partition coefficient (Wildman–Crippen LogP) is -0.461. The van der Waals surface area contributed by atoms with Gasteiger partial charge in [0.05, 0.1) is 7.11 Å². The fourth-order valence-corrected chi connectivity index (χ4v) is 1.64. The van der Waals surface area contributed by atoms with E-state index in [0.717, 1.165) is 0 Å². The average Bonchev–Trinajstić information content (AvgIpc) is 2.49. The quantitative estimate of drug-likeness (QED) is 0.361. The van der Waals surface area contributed by atoms with E-state index in [2.05, 4.69) is 4.74 Å². The highest BCUT2D eigenvalue weighted by Crippen LogP contribution is 2.15. The summed E-state index contributed by atoms with van der Waals surface area (Å²) in [5, 5.41) is 8.46. The van der Waals surface area contributed by atoms with Crippen molar-refractivity contribution in [1.29, 1.82) is 0 Å². The molecule has 0 aromatic rings. The molecule has 7 heteroatoms. The molecule has 0 bridgehead atoms. The minimum atomic E-state index is -0.889. The molecule has 1 unspecified atom stereocenters. The van der Waals surface area contributed by atoms with Gasteiger partial charge in [0.1, 0.15) is 11.7 Å². The maximum atomic E-state index is 11.5. The van der Waals surface area contributed by atoms with Gasteiger partial charge in [-0.05, 0) is 6.42 Å². The van der Waals surface area contributed by atoms with E-state index in [0.29, 0.717) is 0 Å². The molecule has 1 rings (SSSR count). The number of hydrogen-bond donors (Lipinski definition) is 2. The van der Waals surface area contributed by atoms with Crippen molar-refractivity contribution in [3.63, 3.8) is 0 Å². The van der Waals surface area contributed by atoms with Crippen molar-refractivity contribution in [1.82, 2.24) is 10.4 Å². The minimum Gasteiger partial charge on any atom is -0.453 e. The standard InChI is InChI=1S/C9H14N2O5/c1-16-9(14)11-4-2-6(8(13)10-15)7(12)3-5-11/h6,15H,2-5H2,1H3,(H,10,13). The number of carbonyl (C=O) groups is 3. The summed E-state index contributed by atoms with van der Waals surface area (Å²) in [6.45, 7) is 0.497. The van der Waals surface area contributed by atoms with Gasteiger partial charge in [0.25, 0.3) is 5.91 Å². The third-order valence-electron chi connectivity index (χ3n) is 2.56. The first-order chi connectivity index (χ1) is 7.60. The van der Waals surface area contributed by atoms with E-state index in [-0.39, 0.29) is 31.7 Å². The van der Waals surface area contributed by atoms with E-state index < -0.39 is 17.9 Å². The van der Waals surface area contributed by atoms with Gasteiger partial charge in [-0.2, -0.15) is 0 Å². The molecule has 2 amide bonds. The van der Waals surface area contributed by atoms with Crippen LogP contribution in [0, 0.1) is 5.92 Å². The summed E-state index contributed by atoms with van der Waals surface area (Å²) in [5.41, 5.74) is 1.46. The number of methoxy groups -OCH3 is 1. The molecule has 0 aliphatic carbocycles. The van der Waals surface area contributed by atoms with Crippen molar-refractivity contribution < 1.29 is 24.3 Å². The predicted molar refractivity (Wildman–Crippen MR) is 51.6 cm³/mol. The Morgan fingerprint density at radius 3 is 2.75 bits per heavy atom. The van der Waals surface area contributed by atoms with Crippen molar-refractivity contribution in [2.24, 2.45) is 5.92 Å². The van der Waals surface area contributed by atoms with E-state index in [1.807, 2.05) is 0 Å². The number of likely N-dealkylation sites (tertiary alicyclic amines) is 1. The Morgan fingerprint density at radius 1 is 1.50 bits per heavy atom. The molecule has 1 saturated heterocycles. The normalized spacial score (nSPS) is 21.2. The molecule has 0 aromatic heterocycles. The lowest BCUT2D eigenvalue weighted by atomic mass is 9.99. The van der Waals surface area contributed by atoms with Gasteiger partial charge in [-0.1, -0.05) is 0 Å². The first-order valence-electron chi connectivity index (χ1n) is 4.89. The number of nitrogens with one attached hydrogen (secondary N) is 1. The van der Waals surface area contributed by atoms with Crippen molar-refractivity contribution in [3.8, 4) is 0 Å². The van der Waals surface area contributed by atoms with Crippen LogP contribution in [0.3, 0.4) is 0 Å². The van der Waals surface area contributed by atoms with Crippen molar-refractivity contribution in [2.75, 3.05) is 20.2 Å². The van der Waals surface area contributed by atoms with Crippen LogP contribution in [0.1, 0.15) is 12.8 Å². The Bertz CT molecular complexity index is 304. The van der Waals surface area contributed by atoms with Crippen LogP contribution in [0.2, 0.25) is 0 Å². The van der Waals surface area contributed by atoms with Gasteiger partial charge >= 0.3 is 6.09 Å². The number of rotatable bonds is 1. The molecule has 1 fully saturated rings. The largest absolute Gasteiger partial charge is 0.453 e. The van der Waals surface area contributed by atoms with Crippen LogP contribution in [0.15, 0.2) is 0 Å². The minimum absolute atomic E-state index is 0.0905. The summed E-state index contributed by atoms with van der Waals surface area (Å²) in [6, 6.07) is 0. The van der Waals surface area contributed by atoms with Gasteiger partial charge in [-0.15, -0.1) is 0 Å². The molecule has 0 radical (unpaired) electrons. The van der Waals surface area contributed by atoms with E-state index in [9.17, 15) is 14.4 Å². The Hall–Kier alpha value is -1.63. The summed E-state index contributed by atoms with van der Waals surface area (Å²) < 4.78 is 4.53. The number of ketones is 1. The summed E-state index contributed by atoms with van der Waals surface area (Å²) >= 11 is 0. The number of Topliss-reactive ketones (excluding diaryl/α,β-unsaturated/α-hetero) is 1. The molecular formula is C9H14N2O5. The molecule has 7 nitrogen and oxygen atoms in total. The van der Waals surface area contributed by atoms with Crippen LogP contribution in [-0.4, -0.2) is 48.1 Å². The molecule has 1 heterocycles. The first kappa shape index (κ1) is 12.4. The first-order valence-corrected chi connectivity index (χ1v) is 4.89. The van der Waals surface area contributed by atoms with Gasteiger partial charge in [0.2, 0.25) is 0 Å². The Labute approximate surface area is 92.3 Å². The fourth-order valence-electron chi connectivity index (χ4n) is 1.64. The molecule has 2 N–H and O–H groups in total. The van der Waals surface area contributed by atoms with Crippen molar-refractivity contribution in [3.05, 3.63) is 0 Å². The molecular weight excluding hydrogens is 216 g/mol. The van der Waals surface area contributed by atoms with Crippen LogP contribution < -0.4 is 5.48 Å². The Morgan fingerprint density at radius 2 is 2.19 bits per heavy atom. The summed E-state index contributed by atoms with van der Waals surface area (Å²) in [4.78, 5) is 35.3. The molecule has 1 aliphatic rings. The zero-order valence-electron chi connectivity index (χ0n) is 8.93. The molecule has 16 heavy (non-hydrogen) atoms. The molecule has 0 saturated carbocycles. The zero-order valence-corrected chi connectivity index (χ0v) is 8.93. The van der Waals surface area contributed by atoms with Crippen molar-refractivity contribution in [2.45, 2.75) is 12.8 Å². The lowest BCUT2D eigenvalue weighted by Crippen LogP contribution is -2.34. The Balaban J connectivity index is 2.66. The highest BCUT2D eigenvalue weighted by atomic mass is 16.5. The number of hydroxylamine groups is 1. The second kappa shape index (κ2) is 5.45. The van der Waals surface area contributed by atoms with Crippen LogP contribution in [-0.2, 0) is 14.3 Å². The summed E-state index contributed by atoms with van der Waals surface area (Å²) in [6.07, 6.45) is -0.231. The van der Waals surface area contributed by atoms with E-state index in [1.165, 1.54) is 17.5 Å². The fraction of sp³-hybridized carbons (Fsp3) is 0.667. The highest BCUT2D eigenvalue weighted by Gasteiger charge is 2.31. The second-order valence-corrected chi connectivity index (χ2v) is 3.49. The van der Waals surface area contributed by atoms with E-state index >= 15 is 0 Å². The van der Waals surface area contributed by atoms with Gasteiger partial charge < -0.3 is 9.64 Å². The molecule has 0 spiro atoms. The topological polar surface area (TPSA) is 95.9 Å². The maximum Gasteiger partial charge on any atom is 0.409 e. The van der Waals surface area contributed by atoms with E-state index in [1.54, 1.807) is 0 Å². The van der Waals surface area contributed by atoms with Crippen LogP contribution in [0.4, 0.5) is 4.79 Å². The van der Waals surface area contributed by atoms with Crippen LogP contribution >= 0.6 is 0 Å². The Kier molecular flexibility index (Phi) is 4.24. The molecule has 90 valence electrons. The summed E-state index contributed by atoms with van der Waals surface area (Å²) in [7, 11) is 1.26. The lowest BCUT2D eigenvalue weighted by Gasteiger charge is -2.17. The number of amides is 2. The number of carbonyl (C=O) groups excluding carboxylic acids is 3. The average molecular weight is 230 g/mol.